The Kier molecular flexibility index (Phi) is 4.29. The molecule has 0 aromatic heterocycles. The van der Waals surface area contributed by atoms with Crippen LogP contribution < -0.4 is 11.5 Å². The van der Waals surface area contributed by atoms with Crippen LogP contribution in [0.25, 0.3) is 0 Å². The molecule has 92 valence electrons. The Hall–Kier alpha value is -1.10. The van der Waals surface area contributed by atoms with E-state index in [1.54, 1.807) is 0 Å². The molecule has 1 fully saturated rings. The summed E-state index contributed by atoms with van der Waals surface area (Å²) in [4.78, 5) is 24.6. The second kappa shape index (κ2) is 5.30. The number of carbonyl (C=O) groups is 2. The van der Waals surface area contributed by atoms with Gasteiger partial charge in [0.1, 0.15) is 0 Å². The van der Waals surface area contributed by atoms with Gasteiger partial charge in [0, 0.05) is 12.1 Å². The number of carbonyl (C=O) groups excluding carboxylic acids is 2. The van der Waals surface area contributed by atoms with E-state index >= 15 is 0 Å². The van der Waals surface area contributed by atoms with Crippen molar-refractivity contribution in [3.8, 4) is 0 Å². The molecule has 0 heterocycles. The first-order chi connectivity index (χ1) is 7.43. The lowest BCUT2D eigenvalue weighted by atomic mass is 10.0. The van der Waals surface area contributed by atoms with Crippen molar-refractivity contribution in [2.45, 2.75) is 45.2 Å². The zero-order valence-electron chi connectivity index (χ0n) is 9.98. The number of nitrogens with zero attached hydrogens (tertiary/aromatic N) is 1. The fourth-order valence-corrected chi connectivity index (χ4v) is 2.19. The van der Waals surface area contributed by atoms with Gasteiger partial charge in [0.2, 0.25) is 11.8 Å². The third-order valence-corrected chi connectivity index (χ3v) is 3.12. The van der Waals surface area contributed by atoms with Gasteiger partial charge in [-0.3, -0.25) is 9.59 Å². The Balaban J connectivity index is 2.70. The maximum absolute atomic E-state index is 12.2. The SMILES string of the molecule is CC(C)N(CC(N)=O)C(=O)C1CCCC1N. The average molecular weight is 227 g/mol. The van der Waals surface area contributed by atoms with Crippen molar-refractivity contribution in [1.29, 1.82) is 0 Å². The lowest BCUT2D eigenvalue weighted by Crippen LogP contribution is -2.48. The van der Waals surface area contributed by atoms with E-state index in [1.165, 1.54) is 4.90 Å². The summed E-state index contributed by atoms with van der Waals surface area (Å²) in [5.41, 5.74) is 11.0. The number of rotatable bonds is 4. The summed E-state index contributed by atoms with van der Waals surface area (Å²) < 4.78 is 0. The molecule has 2 amide bonds. The van der Waals surface area contributed by atoms with E-state index in [4.69, 9.17) is 11.5 Å². The number of primary amides is 1. The molecule has 0 spiro atoms. The molecular formula is C11H21N3O2. The highest BCUT2D eigenvalue weighted by Gasteiger charge is 2.34. The smallest absolute Gasteiger partial charge is 0.237 e. The zero-order valence-corrected chi connectivity index (χ0v) is 9.98. The van der Waals surface area contributed by atoms with Crippen molar-refractivity contribution in [3.05, 3.63) is 0 Å². The zero-order chi connectivity index (χ0) is 12.3. The first-order valence-corrected chi connectivity index (χ1v) is 5.78. The summed E-state index contributed by atoms with van der Waals surface area (Å²) in [7, 11) is 0. The standard InChI is InChI=1S/C11H21N3O2/c1-7(2)14(6-10(13)15)11(16)8-4-3-5-9(8)12/h7-9H,3-6,12H2,1-2H3,(H2,13,15). The number of hydrogen-bond donors (Lipinski definition) is 2. The molecule has 0 aromatic carbocycles. The molecule has 0 bridgehead atoms. The lowest BCUT2D eigenvalue weighted by Gasteiger charge is -2.29. The number of hydrogen-bond acceptors (Lipinski definition) is 3. The van der Waals surface area contributed by atoms with Gasteiger partial charge >= 0.3 is 0 Å². The van der Waals surface area contributed by atoms with Crippen LogP contribution in [0, 0.1) is 5.92 Å². The van der Waals surface area contributed by atoms with E-state index in [0.717, 1.165) is 19.3 Å². The predicted molar refractivity (Wildman–Crippen MR) is 61.4 cm³/mol. The maximum atomic E-state index is 12.2. The van der Waals surface area contributed by atoms with Crippen LogP contribution in [0.4, 0.5) is 0 Å². The van der Waals surface area contributed by atoms with Crippen LogP contribution in [0.1, 0.15) is 33.1 Å². The summed E-state index contributed by atoms with van der Waals surface area (Å²) in [6, 6.07) is -0.0885. The van der Waals surface area contributed by atoms with E-state index < -0.39 is 5.91 Å². The molecule has 0 radical (unpaired) electrons. The molecule has 4 N–H and O–H groups in total. The second-order valence-corrected chi connectivity index (χ2v) is 4.73. The topological polar surface area (TPSA) is 89.4 Å². The quantitative estimate of drug-likeness (QED) is 0.699. The minimum atomic E-state index is -0.478. The third-order valence-electron chi connectivity index (χ3n) is 3.12. The molecule has 2 atom stereocenters. The highest BCUT2D eigenvalue weighted by Crippen LogP contribution is 2.26. The summed E-state index contributed by atoms with van der Waals surface area (Å²) in [6.07, 6.45) is 2.70. The van der Waals surface area contributed by atoms with Crippen molar-refractivity contribution < 1.29 is 9.59 Å². The van der Waals surface area contributed by atoms with Crippen LogP contribution in [-0.2, 0) is 9.59 Å². The van der Waals surface area contributed by atoms with Gasteiger partial charge in [-0.1, -0.05) is 6.42 Å². The van der Waals surface area contributed by atoms with Crippen molar-refractivity contribution in [2.75, 3.05) is 6.54 Å². The van der Waals surface area contributed by atoms with E-state index in [-0.39, 0.29) is 30.5 Å². The highest BCUT2D eigenvalue weighted by molar-refractivity contribution is 5.85. The van der Waals surface area contributed by atoms with Gasteiger partial charge in [0.05, 0.1) is 12.5 Å². The number of amides is 2. The van der Waals surface area contributed by atoms with Gasteiger partial charge in [0.15, 0.2) is 0 Å². The molecule has 0 aromatic rings. The van der Waals surface area contributed by atoms with Crippen LogP contribution >= 0.6 is 0 Å². The first kappa shape index (κ1) is 13.0. The highest BCUT2D eigenvalue weighted by atomic mass is 16.2. The molecule has 0 aliphatic heterocycles. The summed E-state index contributed by atoms with van der Waals surface area (Å²) in [5, 5.41) is 0. The lowest BCUT2D eigenvalue weighted by molar-refractivity contribution is -0.140. The van der Waals surface area contributed by atoms with Crippen LogP contribution in [0.3, 0.4) is 0 Å². The number of nitrogens with two attached hydrogens (primary N) is 2. The summed E-state index contributed by atoms with van der Waals surface area (Å²) >= 11 is 0. The van der Waals surface area contributed by atoms with Crippen molar-refractivity contribution in [3.63, 3.8) is 0 Å². The van der Waals surface area contributed by atoms with E-state index in [2.05, 4.69) is 0 Å². The van der Waals surface area contributed by atoms with Gasteiger partial charge in [-0.15, -0.1) is 0 Å². The molecule has 1 aliphatic carbocycles. The molecular weight excluding hydrogens is 206 g/mol. The van der Waals surface area contributed by atoms with Gasteiger partial charge in [0.25, 0.3) is 0 Å². The molecule has 2 unspecified atom stereocenters. The minimum absolute atomic E-state index is 0.0142. The van der Waals surface area contributed by atoms with Crippen molar-refractivity contribution in [1.82, 2.24) is 4.90 Å². The monoisotopic (exact) mass is 227 g/mol. The van der Waals surface area contributed by atoms with Crippen LogP contribution in [0.5, 0.6) is 0 Å². The van der Waals surface area contributed by atoms with Gasteiger partial charge in [-0.25, -0.2) is 0 Å². The third kappa shape index (κ3) is 2.95. The second-order valence-electron chi connectivity index (χ2n) is 4.73. The maximum Gasteiger partial charge on any atom is 0.237 e. The largest absolute Gasteiger partial charge is 0.368 e. The fraction of sp³-hybridized carbons (Fsp3) is 0.818. The molecule has 5 heteroatoms. The molecule has 1 rings (SSSR count). The Morgan fingerprint density at radius 3 is 2.38 bits per heavy atom. The minimum Gasteiger partial charge on any atom is -0.368 e. The molecule has 16 heavy (non-hydrogen) atoms. The van der Waals surface area contributed by atoms with Crippen molar-refractivity contribution >= 4 is 11.8 Å². The Morgan fingerprint density at radius 1 is 1.38 bits per heavy atom. The van der Waals surface area contributed by atoms with E-state index in [1.807, 2.05) is 13.8 Å². The van der Waals surface area contributed by atoms with Crippen LogP contribution in [-0.4, -0.2) is 35.3 Å². The van der Waals surface area contributed by atoms with Gasteiger partial charge in [-0.05, 0) is 26.7 Å². The molecule has 1 aliphatic rings. The predicted octanol–water partition coefficient (Wildman–Crippen LogP) is -0.164. The molecule has 1 saturated carbocycles. The first-order valence-electron chi connectivity index (χ1n) is 5.78. The van der Waals surface area contributed by atoms with E-state index in [9.17, 15) is 9.59 Å². The summed E-state index contributed by atoms with van der Waals surface area (Å²) in [6.45, 7) is 3.74. The Labute approximate surface area is 96.1 Å². The van der Waals surface area contributed by atoms with Gasteiger partial charge < -0.3 is 16.4 Å². The summed E-state index contributed by atoms with van der Waals surface area (Å²) in [5.74, 6) is -0.644. The van der Waals surface area contributed by atoms with Gasteiger partial charge in [-0.2, -0.15) is 0 Å². The fourth-order valence-electron chi connectivity index (χ4n) is 2.19. The van der Waals surface area contributed by atoms with E-state index in [0.29, 0.717) is 0 Å². The molecule has 0 saturated heterocycles. The normalized spacial score (nSPS) is 24.8. The van der Waals surface area contributed by atoms with Crippen molar-refractivity contribution in [2.24, 2.45) is 17.4 Å². The molecule has 5 nitrogen and oxygen atoms in total. The van der Waals surface area contributed by atoms with Crippen LogP contribution in [0.15, 0.2) is 0 Å². The Bertz CT molecular complexity index is 278. The Morgan fingerprint density at radius 2 is 2.00 bits per heavy atom. The average Bonchev–Trinajstić information content (AvgIpc) is 2.59. The van der Waals surface area contributed by atoms with Crippen LogP contribution in [0.2, 0.25) is 0 Å².